The van der Waals surface area contributed by atoms with Crippen molar-refractivity contribution in [1.29, 1.82) is 0 Å². The van der Waals surface area contributed by atoms with Crippen LogP contribution in [-0.2, 0) is 11.3 Å². The van der Waals surface area contributed by atoms with E-state index in [0.29, 0.717) is 0 Å². The number of carboxylic acids is 1. The van der Waals surface area contributed by atoms with Gasteiger partial charge < -0.3 is 5.11 Å². The highest BCUT2D eigenvalue weighted by Crippen LogP contribution is 2.25. The Kier molecular flexibility index (Phi) is 3.62. The maximum Gasteiger partial charge on any atom is 0.308 e. The second-order valence-corrected chi connectivity index (χ2v) is 3.53. The molecule has 1 heterocycles. The molecule has 0 aliphatic carbocycles. The van der Waals surface area contributed by atoms with Crippen molar-refractivity contribution in [1.82, 2.24) is 9.78 Å². The Bertz CT molecular complexity index is 368. The fraction of sp³-hybridized carbons (Fsp3) is 0.500. The maximum absolute atomic E-state index is 12.3. The Balaban J connectivity index is 2.79. The molecule has 7 heteroatoms. The number of hydrogen-bond donors (Lipinski definition) is 1. The van der Waals surface area contributed by atoms with Crippen LogP contribution in [0.1, 0.15) is 19.0 Å². The molecule has 0 saturated heterocycles. The zero-order valence-electron chi connectivity index (χ0n) is 7.82. The number of carbonyl (C=O) groups is 1. The number of alkyl halides is 2. The van der Waals surface area contributed by atoms with E-state index < -0.39 is 24.0 Å². The Hall–Kier alpha value is -1.17. The second kappa shape index (κ2) is 4.57. The summed E-state index contributed by atoms with van der Waals surface area (Å²) >= 11 is 5.49. The van der Waals surface area contributed by atoms with Crippen molar-refractivity contribution in [2.45, 2.75) is 19.9 Å². The molecule has 84 valence electrons. The van der Waals surface area contributed by atoms with Crippen molar-refractivity contribution in [2.75, 3.05) is 0 Å². The van der Waals surface area contributed by atoms with E-state index in [1.165, 1.54) is 13.1 Å². The van der Waals surface area contributed by atoms with Crippen LogP contribution in [0, 0.1) is 5.92 Å². The van der Waals surface area contributed by atoms with E-state index in [1.807, 2.05) is 0 Å². The summed E-state index contributed by atoms with van der Waals surface area (Å²) in [4.78, 5) is 10.5. The molecule has 4 nitrogen and oxygen atoms in total. The molecule has 0 aliphatic heterocycles. The van der Waals surface area contributed by atoms with Crippen LogP contribution >= 0.6 is 11.6 Å². The topological polar surface area (TPSA) is 55.1 Å². The van der Waals surface area contributed by atoms with Crippen LogP contribution in [0.4, 0.5) is 8.78 Å². The molecule has 15 heavy (non-hydrogen) atoms. The van der Waals surface area contributed by atoms with Gasteiger partial charge in [-0.3, -0.25) is 9.48 Å². The summed E-state index contributed by atoms with van der Waals surface area (Å²) in [5.74, 6) is -1.72. The van der Waals surface area contributed by atoms with Gasteiger partial charge in [-0.05, 0) is 0 Å². The Morgan fingerprint density at radius 1 is 1.73 bits per heavy atom. The van der Waals surface area contributed by atoms with Crippen molar-refractivity contribution < 1.29 is 18.7 Å². The summed E-state index contributed by atoms with van der Waals surface area (Å²) in [5.41, 5.74) is -0.519. The van der Waals surface area contributed by atoms with Gasteiger partial charge in [-0.1, -0.05) is 18.5 Å². The van der Waals surface area contributed by atoms with Crippen LogP contribution in [0.5, 0.6) is 0 Å². The average molecular weight is 239 g/mol. The van der Waals surface area contributed by atoms with Crippen LogP contribution in [0.2, 0.25) is 5.02 Å². The molecule has 0 amide bonds. The van der Waals surface area contributed by atoms with Crippen LogP contribution in [0.25, 0.3) is 0 Å². The fourth-order valence-electron chi connectivity index (χ4n) is 1.01. The predicted molar refractivity (Wildman–Crippen MR) is 49.0 cm³/mol. The lowest BCUT2D eigenvalue weighted by molar-refractivity contribution is -0.141. The van der Waals surface area contributed by atoms with Gasteiger partial charge in [0.1, 0.15) is 5.69 Å². The molecule has 0 bridgehead atoms. The van der Waals surface area contributed by atoms with Crippen LogP contribution < -0.4 is 0 Å². The molecule has 0 unspecified atom stereocenters. The maximum atomic E-state index is 12.3. The minimum atomic E-state index is -2.75. The van der Waals surface area contributed by atoms with E-state index >= 15 is 0 Å². The number of aromatic nitrogens is 2. The molecular formula is C8H9ClF2N2O2. The third-order valence-corrected chi connectivity index (χ3v) is 2.12. The van der Waals surface area contributed by atoms with E-state index in [2.05, 4.69) is 5.10 Å². The quantitative estimate of drug-likeness (QED) is 0.875. The zero-order chi connectivity index (χ0) is 11.6. The van der Waals surface area contributed by atoms with Crippen molar-refractivity contribution >= 4 is 17.6 Å². The van der Waals surface area contributed by atoms with Gasteiger partial charge in [-0.15, -0.1) is 0 Å². The van der Waals surface area contributed by atoms with E-state index in [-0.39, 0.29) is 11.6 Å². The van der Waals surface area contributed by atoms with Crippen molar-refractivity contribution in [2.24, 2.45) is 5.92 Å². The van der Waals surface area contributed by atoms with Gasteiger partial charge in [-0.2, -0.15) is 5.10 Å². The number of nitrogens with zero attached hydrogens (tertiary/aromatic N) is 2. The van der Waals surface area contributed by atoms with Crippen LogP contribution in [-0.4, -0.2) is 20.9 Å². The molecule has 0 saturated carbocycles. The standard InChI is InChI=1S/C8H9ClF2N2O2/c1-4(8(14)15)2-13-3-5(9)6(12-13)7(10)11/h3-4,7H,2H2,1H3,(H,14,15)/t4-/m0/s1. The van der Waals surface area contributed by atoms with Crippen molar-refractivity contribution in [3.8, 4) is 0 Å². The first-order chi connectivity index (χ1) is 6.91. The van der Waals surface area contributed by atoms with E-state index in [4.69, 9.17) is 16.7 Å². The first-order valence-electron chi connectivity index (χ1n) is 4.15. The highest BCUT2D eigenvalue weighted by Gasteiger charge is 2.19. The Morgan fingerprint density at radius 3 is 2.73 bits per heavy atom. The second-order valence-electron chi connectivity index (χ2n) is 3.12. The lowest BCUT2D eigenvalue weighted by Crippen LogP contribution is -2.17. The molecule has 0 fully saturated rings. The summed E-state index contributed by atoms with van der Waals surface area (Å²) < 4.78 is 25.6. The minimum absolute atomic E-state index is 0.0156. The number of aliphatic carboxylic acids is 1. The first kappa shape index (κ1) is 11.9. The molecule has 1 aromatic rings. The molecule has 0 aromatic carbocycles. The number of carboxylic acid groups (broad SMARTS) is 1. The van der Waals surface area contributed by atoms with Gasteiger partial charge in [0.25, 0.3) is 6.43 Å². The fourth-order valence-corrected chi connectivity index (χ4v) is 1.24. The summed E-state index contributed by atoms with van der Waals surface area (Å²) in [7, 11) is 0. The summed E-state index contributed by atoms with van der Waals surface area (Å²) in [6, 6.07) is 0. The monoisotopic (exact) mass is 238 g/mol. The molecule has 1 atom stereocenters. The number of hydrogen-bond acceptors (Lipinski definition) is 2. The summed E-state index contributed by atoms with van der Waals surface area (Å²) in [6.07, 6.45) is -1.55. The minimum Gasteiger partial charge on any atom is -0.481 e. The largest absolute Gasteiger partial charge is 0.481 e. The third-order valence-electron chi connectivity index (χ3n) is 1.83. The average Bonchev–Trinajstić information content (AvgIpc) is 2.46. The van der Waals surface area contributed by atoms with Gasteiger partial charge >= 0.3 is 5.97 Å². The van der Waals surface area contributed by atoms with E-state index in [1.54, 1.807) is 0 Å². The summed E-state index contributed by atoms with van der Waals surface area (Å²) in [6.45, 7) is 1.47. The molecule has 1 rings (SSSR count). The van der Waals surface area contributed by atoms with Gasteiger partial charge in [-0.25, -0.2) is 8.78 Å². The normalized spacial score (nSPS) is 13.1. The highest BCUT2D eigenvalue weighted by molar-refractivity contribution is 6.31. The van der Waals surface area contributed by atoms with Crippen molar-refractivity contribution in [3.05, 3.63) is 16.9 Å². The van der Waals surface area contributed by atoms with E-state index in [0.717, 1.165) is 4.68 Å². The molecule has 1 aromatic heterocycles. The lowest BCUT2D eigenvalue weighted by Gasteiger charge is -2.05. The number of rotatable bonds is 4. The van der Waals surface area contributed by atoms with Crippen LogP contribution in [0.3, 0.4) is 0 Å². The van der Waals surface area contributed by atoms with Gasteiger partial charge in [0, 0.05) is 6.20 Å². The van der Waals surface area contributed by atoms with Crippen molar-refractivity contribution in [3.63, 3.8) is 0 Å². The Morgan fingerprint density at radius 2 is 2.33 bits per heavy atom. The van der Waals surface area contributed by atoms with E-state index in [9.17, 15) is 13.6 Å². The molecule has 0 spiro atoms. The highest BCUT2D eigenvalue weighted by atomic mass is 35.5. The lowest BCUT2D eigenvalue weighted by atomic mass is 10.2. The molecule has 0 aliphatic rings. The summed E-state index contributed by atoms with van der Waals surface area (Å²) in [5, 5.41) is 12.0. The van der Waals surface area contributed by atoms with Gasteiger partial charge in [0.2, 0.25) is 0 Å². The molecule has 1 N–H and O–H groups in total. The smallest absolute Gasteiger partial charge is 0.308 e. The molecular weight excluding hydrogens is 230 g/mol. The van der Waals surface area contributed by atoms with Gasteiger partial charge in [0.15, 0.2) is 0 Å². The SMILES string of the molecule is C[C@@H](Cn1cc(Cl)c(C(F)F)n1)C(=O)O. The first-order valence-corrected chi connectivity index (χ1v) is 4.53. The van der Waals surface area contributed by atoms with Gasteiger partial charge in [0.05, 0.1) is 17.5 Å². The Labute approximate surface area is 89.5 Å². The predicted octanol–water partition coefficient (Wildman–Crippen LogP) is 2.19. The third kappa shape index (κ3) is 2.89. The number of halogens is 3. The van der Waals surface area contributed by atoms with Crippen LogP contribution in [0.15, 0.2) is 6.20 Å². The zero-order valence-corrected chi connectivity index (χ0v) is 8.58. The molecule has 0 radical (unpaired) electrons.